The van der Waals surface area contributed by atoms with Crippen molar-refractivity contribution in [2.24, 2.45) is 5.92 Å². The van der Waals surface area contributed by atoms with Crippen LogP contribution in [0, 0.1) is 29.2 Å². The third-order valence-corrected chi connectivity index (χ3v) is 33.6. The van der Waals surface area contributed by atoms with Crippen molar-refractivity contribution in [3.63, 3.8) is 0 Å². The van der Waals surface area contributed by atoms with Gasteiger partial charge in [0, 0.05) is 130 Å². The van der Waals surface area contributed by atoms with E-state index in [1.54, 1.807) is 73.8 Å². The second kappa shape index (κ2) is 45.0. The molecule has 17 rings (SSSR count). The number of amides is 8. The number of carbonyl (C=O) groups is 4. The number of fused-ring (bicyclic) bond motifs is 4. The molecule has 142 heavy (non-hydrogen) atoms. The molecule has 12 N–H and O–H groups in total. The normalized spacial score (nSPS) is 12.0. The minimum absolute atomic E-state index is 0.000408. The highest BCUT2D eigenvalue weighted by atomic mass is 79.9. The zero-order chi connectivity index (χ0) is 102. The molecule has 0 atom stereocenters. The number of halogens is 9. The Hall–Kier alpha value is -13.2. The van der Waals surface area contributed by atoms with Gasteiger partial charge in [-0.15, -0.1) is 45.3 Å². The summed E-state index contributed by atoms with van der Waals surface area (Å²) in [5.74, 6) is -2.42. The van der Waals surface area contributed by atoms with Crippen LogP contribution in [0.2, 0.25) is 17.3 Å². The summed E-state index contributed by atoms with van der Waals surface area (Å²) in [6.45, 7) is 5.36. The molecule has 0 unspecified atom stereocenters. The van der Waals surface area contributed by atoms with Crippen molar-refractivity contribution in [1.82, 2.24) is 42.1 Å². The average molecular weight is 2230 g/mol. The molecular weight excluding hydrogens is 2150 g/mol. The van der Waals surface area contributed by atoms with Gasteiger partial charge in [-0.3, -0.25) is 37.4 Å². The van der Waals surface area contributed by atoms with Gasteiger partial charge >= 0.3 is 24.1 Å². The maximum Gasteiger partial charge on any atom is 0.333 e. The monoisotopic (exact) mass is 2230 g/mol. The summed E-state index contributed by atoms with van der Waals surface area (Å²) >= 11 is 29.5. The molecule has 1 aliphatic carbocycles. The first-order chi connectivity index (χ1) is 67.5. The first-order valence-electron chi connectivity index (χ1n) is 41.9. The van der Waals surface area contributed by atoms with Gasteiger partial charge in [-0.25, -0.2) is 89.3 Å². The van der Waals surface area contributed by atoms with Gasteiger partial charge in [-0.1, -0.05) is 53.3 Å². The summed E-state index contributed by atoms with van der Waals surface area (Å²) in [6.07, 6.45) is 9.33. The Morgan fingerprint density at radius 1 is 0.373 bits per heavy atom. The number of benzene rings is 8. The SMILES string of the molecule is CCCNc1ccc2c(=O)n(-c3ccc(NC(=O)NS(=O)(=O)c4ccc(Cl)s4)cc3F)ccc2c1.CN(C)CCNc1ccc2c(=O)n(-c3ccc(NC(=O)NS(=O)(=O)c4ccc(Cl)s4)cc3F)ccc2c1.CNc1cc2ccn(-c3ccc(NC(=O)NS(=O)(=O)c4ccc(Cl)s4)cc3F)c(=O)c2cc1Br.O=C(Nc1ccc(-n2ccc3cc(NCC4CC4)ccc3c2=O)c(F)c1)NS(=O)(=O)c1ccc(Cl)s1. The number of likely N-dealkylation sites (N-methyl/N-ethyl adjacent to an activating group) is 1. The van der Waals surface area contributed by atoms with Crippen LogP contribution in [-0.2, 0) is 40.1 Å². The highest BCUT2D eigenvalue weighted by molar-refractivity contribution is 9.10. The van der Waals surface area contributed by atoms with E-state index in [-0.39, 0.29) is 85.2 Å². The van der Waals surface area contributed by atoms with Crippen LogP contribution in [0.3, 0.4) is 0 Å². The third kappa shape index (κ3) is 26.0. The summed E-state index contributed by atoms with van der Waals surface area (Å²) in [5, 5.41) is 26.5. The maximum absolute atomic E-state index is 15.0. The van der Waals surface area contributed by atoms with E-state index in [0.29, 0.717) is 42.7 Å². The molecule has 16 aromatic rings. The topological polar surface area (TPSA) is 440 Å². The number of thiophene rings is 4. The lowest BCUT2D eigenvalue weighted by molar-refractivity contribution is 0.255. The van der Waals surface area contributed by atoms with Crippen LogP contribution < -0.4 is 83.7 Å². The van der Waals surface area contributed by atoms with Crippen molar-refractivity contribution in [3.05, 3.63) is 324 Å². The fraction of sp³-hybridized carbons (Fsp3) is 0.130. The lowest BCUT2D eigenvalue weighted by Crippen LogP contribution is -2.34. The number of anilines is 8. The molecule has 0 spiro atoms. The van der Waals surface area contributed by atoms with Gasteiger partial charge in [-0.05, 0) is 289 Å². The van der Waals surface area contributed by atoms with Gasteiger partial charge in [-0.2, -0.15) is 0 Å². The van der Waals surface area contributed by atoms with Gasteiger partial charge < -0.3 is 47.4 Å². The third-order valence-electron chi connectivity index (χ3n) is 20.8. The van der Waals surface area contributed by atoms with Crippen molar-refractivity contribution in [1.29, 1.82) is 0 Å². The second-order valence-electron chi connectivity index (χ2n) is 31.2. The lowest BCUT2D eigenvalue weighted by Gasteiger charge is -2.13. The molecule has 0 saturated heterocycles. The largest absolute Gasteiger partial charge is 0.387 e. The molecule has 0 bridgehead atoms. The first kappa shape index (κ1) is 105. The Bertz CT molecular complexity index is 8400. The number of nitrogens with one attached hydrogen (secondary N) is 12. The van der Waals surface area contributed by atoms with E-state index in [2.05, 4.69) is 70.3 Å². The first-order valence-corrected chi connectivity index (χ1v) is 53.4. The Balaban J connectivity index is 0.000000150. The van der Waals surface area contributed by atoms with Crippen LogP contribution in [0.5, 0.6) is 0 Å². The number of aromatic nitrogens is 4. The standard InChI is InChI=1S/C24H23ClFN5O4S2.C24H20ClFN4O4S2.C23H20ClFN4O4S2.C21H15BrClFN4O4S2/c1-30(2)12-10-27-16-3-5-18-15(13-16)9-11-31(23(18)32)20-6-4-17(14-19(20)26)28-24(33)29-37(34,35)22-8-7-21(25)36-22;25-21-7-8-22(35-21)36(33,34)29-24(32)28-17-4-6-20(19(26)12-17)30-10-9-15-11-16(27-13-14-1-2-14)3-5-18(15)23(30)31;1-2-10-26-15-3-5-17-14(12-15)9-11-29(22(17)30)19-6-4-16(13-18(19)25)27-23(31)28-35(32,33)21-8-7-20(24)34-21;1-25-16-8-11-6-7-28(20(29)13(11)10-14(16)22)17-3-2-12(9-15(17)24)26-21(30)27-34(31,32)19-5-4-18(23)33-19/h3-9,11,13-14,27H,10,12H2,1-2H3,(H2,28,29,33);3-12,14,27H,1-2,13H2,(H2,28,29,32);3-9,11-13,26H,2,10H2,1H3,(H2,27,28,31);2-10,25H,1H3,(H2,26,27,30). The predicted molar refractivity (Wildman–Crippen MR) is 557 cm³/mol. The van der Waals surface area contributed by atoms with Gasteiger partial charge in [0.15, 0.2) is 0 Å². The fourth-order valence-electron chi connectivity index (χ4n) is 13.8. The van der Waals surface area contributed by atoms with Crippen molar-refractivity contribution >= 4 is 260 Å². The number of rotatable bonds is 27. The van der Waals surface area contributed by atoms with E-state index >= 15 is 0 Å². The number of sulfonamides is 4. The molecule has 1 fully saturated rings. The van der Waals surface area contributed by atoms with Crippen LogP contribution in [0.25, 0.3) is 65.8 Å². The quantitative estimate of drug-likeness (QED) is 0.0213. The number of nitrogens with zero attached hydrogens (tertiary/aromatic N) is 5. The molecule has 8 aromatic heterocycles. The van der Waals surface area contributed by atoms with E-state index in [1.807, 2.05) is 57.2 Å². The maximum atomic E-state index is 15.0. The summed E-state index contributed by atoms with van der Waals surface area (Å²) in [5.41, 5.74) is 1.78. The molecular formula is C92H78BrCl4F4N17O16S8. The smallest absolute Gasteiger partial charge is 0.333 e. The summed E-state index contributed by atoms with van der Waals surface area (Å²) in [4.78, 5) is 103. The van der Waals surface area contributed by atoms with Crippen molar-refractivity contribution < 1.29 is 70.4 Å². The van der Waals surface area contributed by atoms with E-state index in [4.69, 9.17) is 46.4 Å². The van der Waals surface area contributed by atoms with E-state index < -0.39 is 104 Å². The van der Waals surface area contributed by atoms with Crippen LogP contribution in [0.15, 0.2) is 278 Å². The number of urea groups is 4. The molecule has 8 amide bonds. The number of hydrogen-bond acceptors (Lipinski definition) is 25. The van der Waals surface area contributed by atoms with Crippen molar-refractivity contribution in [2.75, 3.05) is 89.9 Å². The van der Waals surface area contributed by atoms with Crippen LogP contribution in [0.1, 0.15) is 26.2 Å². The Labute approximate surface area is 850 Å². The van der Waals surface area contributed by atoms with E-state index in [1.165, 1.54) is 148 Å². The molecule has 8 aromatic carbocycles. The van der Waals surface area contributed by atoms with Crippen molar-refractivity contribution in [3.8, 4) is 22.7 Å². The van der Waals surface area contributed by atoms with Gasteiger partial charge in [0.05, 0.1) is 40.1 Å². The number of carbonyl (C=O) groups excluding carboxylic acids is 4. The molecule has 33 nitrogen and oxygen atoms in total. The molecule has 0 radical (unpaired) electrons. The highest BCUT2D eigenvalue weighted by Gasteiger charge is 2.28. The second-order valence-corrected chi connectivity index (χ2v) is 46.5. The van der Waals surface area contributed by atoms with Crippen LogP contribution >= 0.6 is 108 Å². The zero-order valence-electron chi connectivity index (χ0n) is 74.0. The molecule has 0 aliphatic heterocycles. The number of hydrogen-bond donors (Lipinski definition) is 12. The predicted octanol–water partition coefficient (Wildman–Crippen LogP) is 19.8. The zero-order valence-corrected chi connectivity index (χ0v) is 85.1. The highest BCUT2D eigenvalue weighted by Crippen LogP contribution is 2.35. The van der Waals surface area contributed by atoms with E-state index in [9.17, 15) is 89.6 Å². The number of pyridine rings is 4. The molecule has 1 aliphatic rings. The van der Waals surface area contributed by atoms with Crippen LogP contribution in [-0.4, -0.2) is 128 Å². The fourth-order valence-corrected chi connectivity index (χ4v) is 23.9. The summed E-state index contributed by atoms with van der Waals surface area (Å²) in [6, 6.07) is 47.5. The van der Waals surface area contributed by atoms with Gasteiger partial charge in [0.25, 0.3) is 62.3 Å². The lowest BCUT2D eigenvalue weighted by atomic mass is 10.1. The van der Waals surface area contributed by atoms with Crippen molar-refractivity contribution in [2.45, 2.75) is 43.0 Å². The minimum atomic E-state index is -4.13. The Morgan fingerprint density at radius 3 is 0.923 bits per heavy atom. The van der Waals surface area contributed by atoms with Gasteiger partial charge in [0.1, 0.15) is 40.1 Å². The van der Waals surface area contributed by atoms with E-state index in [0.717, 1.165) is 140 Å². The average Bonchev–Trinajstić information content (AvgIpc) is 1.74. The summed E-state index contributed by atoms with van der Waals surface area (Å²) < 4.78 is 171. The molecule has 50 heteroatoms. The summed E-state index contributed by atoms with van der Waals surface area (Å²) in [7, 11) is -10.8. The molecule has 1 saturated carbocycles. The molecule has 8 heterocycles. The Kier molecular flexibility index (Phi) is 33.1. The van der Waals surface area contributed by atoms with Crippen LogP contribution in [0.4, 0.5) is 82.2 Å². The Morgan fingerprint density at radius 2 is 0.655 bits per heavy atom. The molecule has 738 valence electrons. The van der Waals surface area contributed by atoms with Gasteiger partial charge in [0.2, 0.25) is 0 Å². The minimum Gasteiger partial charge on any atom is -0.387 e.